The van der Waals surface area contributed by atoms with Gasteiger partial charge in [-0.1, -0.05) is 26.9 Å². The summed E-state index contributed by atoms with van der Waals surface area (Å²) in [7, 11) is -1.02. The van der Waals surface area contributed by atoms with Gasteiger partial charge in [-0.05, 0) is 85.1 Å². The van der Waals surface area contributed by atoms with Gasteiger partial charge in [0.05, 0.1) is 8.07 Å². The van der Waals surface area contributed by atoms with E-state index in [9.17, 15) is 0 Å². The molecule has 4 saturated carbocycles. The molecule has 4 rings (SSSR count). The zero-order chi connectivity index (χ0) is 13.4. The summed E-state index contributed by atoms with van der Waals surface area (Å²) >= 11 is 0. The van der Waals surface area contributed by atoms with Crippen LogP contribution in [0.25, 0.3) is 0 Å². The minimum absolute atomic E-state index is 1.02. The van der Waals surface area contributed by atoms with Gasteiger partial charge in [0, 0.05) is 0 Å². The highest BCUT2D eigenvalue weighted by Gasteiger charge is 2.57. The Bertz CT molecular complexity index is 372. The van der Waals surface area contributed by atoms with E-state index >= 15 is 0 Å². The maximum atomic E-state index is 2.79. The third-order valence-corrected chi connectivity index (χ3v) is 13.5. The van der Waals surface area contributed by atoms with Gasteiger partial charge in [0.15, 0.2) is 0 Å². The SMILES string of the molecule is CC1CC2CC1CC2[Si](C)(C)C1CC2CC(C)C1C2. The van der Waals surface area contributed by atoms with Crippen molar-refractivity contribution in [1.82, 2.24) is 0 Å². The zero-order valence-corrected chi connectivity index (χ0v) is 14.4. The minimum Gasteiger partial charge on any atom is -0.0689 e. The maximum absolute atomic E-state index is 2.79. The Morgan fingerprint density at radius 3 is 2.00 bits per heavy atom. The van der Waals surface area contributed by atoms with Gasteiger partial charge in [0.25, 0.3) is 0 Å². The highest BCUT2D eigenvalue weighted by atomic mass is 28.3. The predicted octanol–water partition coefficient (Wildman–Crippen LogP) is 5.57. The van der Waals surface area contributed by atoms with Crippen LogP contribution in [-0.4, -0.2) is 8.07 Å². The summed E-state index contributed by atoms with van der Waals surface area (Å²) in [6, 6.07) is 0. The van der Waals surface area contributed by atoms with Gasteiger partial charge in [-0.15, -0.1) is 0 Å². The minimum atomic E-state index is -1.02. The molecule has 0 spiro atoms. The van der Waals surface area contributed by atoms with E-state index in [1.54, 1.807) is 38.5 Å². The Balaban J connectivity index is 1.54. The Morgan fingerprint density at radius 1 is 0.684 bits per heavy atom. The molecule has 0 radical (unpaired) electrons. The molecule has 4 aliphatic rings. The first kappa shape index (κ1) is 12.9. The Morgan fingerprint density at radius 2 is 1.47 bits per heavy atom. The van der Waals surface area contributed by atoms with Crippen molar-refractivity contribution in [3.8, 4) is 0 Å². The summed E-state index contributed by atoms with van der Waals surface area (Å²) in [6.45, 7) is 10.7. The van der Waals surface area contributed by atoms with Crippen LogP contribution in [0.1, 0.15) is 52.4 Å². The second-order valence-corrected chi connectivity index (χ2v) is 14.6. The van der Waals surface area contributed by atoms with E-state index in [-0.39, 0.29) is 0 Å². The van der Waals surface area contributed by atoms with E-state index in [1.165, 1.54) is 11.1 Å². The topological polar surface area (TPSA) is 0 Å². The van der Waals surface area contributed by atoms with Crippen LogP contribution in [0.4, 0.5) is 0 Å². The summed E-state index contributed by atoms with van der Waals surface area (Å²) in [5, 5.41) is 0. The lowest BCUT2D eigenvalue weighted by Gasteiger charge is -2.45. The smallest absolute Gasteiger partial charge is 0.0541 e. The Hall–Kier alpha value is 0.217. The van der Waals surface area contributed by atoms with Crippen molar-refractivity contribution in [1.29, 1.82) is 0 Å². The second kappa shape index (κ2) is 4.12. The number of hydrogen-bond acceptors (Lipinski definition) is 0. The first-order valence-corrected chi connectivity index (χ1v) is 12.1. The number of fused-ring (bicyclic) bond motifs is 4. The average Bonchev–Trinajstić information content (AvgIpc) is 3.04. The van der Waals surface area contributed by atoms with E-state index in [4.69, 9.17) is 0 Å². The largest absolute Gasteiger partial charge is 0.0689 e. The van der Waals surface area contributed by atoms with Crippen LogP contribution in [0.3, 0.4) is 0 Å². The molecule has 108 valence electrons. The molecule has 19 heavy (non-hydrogen) atoms. The Labute approximate surface area is 120 Å². The van der Waals surface area contributed by atoms with Crippen molar-refractivity contribution in [2.24, 2.45) is 35.5 Å². The van der Waals surface area contributed by atoms with Gasteiger partial charge in [0.2, 0.25) is 0 Å². The molecule has 0 saturated heterocycles. The van der Waals surface area contributed by atoms with Crippen LogP contribution in [0.2, 0.25) is 24.2 Å². The molecule has 8 unspecified atom stereocenters. The normalized spacial score (nSPS) is 56.2. The molecular formula is C18H32Si. The number of hydrogen-bond donors (Lipinski definition) is 0. The first-order valence-electron chi connectivity index (χ1n) is 8.96. The molecule has 4 aliphatic carbocycles. The lowest BCUT2D eigenvalue weighted by atomic mass is 9.89. The predicted molar refractivity (Wildman–Crippen MR) is 85.0 cm³/mol. The van der Waals surface area contributed by atoms with Crippen molar-refractivity contribution < 1.29 is 0 Å². The van der Waals surface area contributed by atoms with E-state index in [2.05, 4.69) is 26.9 Å². The molecule has 8 atom stereocenters. The van der Waals surface area contributed by atoms with E-state index in [0.29, 0.717) is 0 Å². The molecule has 0 aromatic rings. The van der Waals surface area contributed by atoms with Crippen molar-refractivity contribution in [3.63, 3.8) is 0 Å². The fourth-order valence-electron chi connectivity index (χ4n) is 7.31. The molecule has 1 heteroatoms. The molecule has 0 amide bonds. The lowest BCUT2D eigenvalue weighted by Crippen LogP contribution is -2.44. The summed E-state index contributed by atoms with van der Waals surface area (Å²) < 4.78 is 0. The zero-order valence-electron chi connectivity index (χ0n) is 13.4. The summed E-state index contributed by atoms with van der Waals surface area (Å²) in [4.78, 5) is 0. The van der Waals surface area contributed by atoms with E-state index in [0.717, 1.165) is 35.5 Å². The summed E-state index contributed by atoms with van der Waals surface area (Å²) in [5.41, 5.74) is 2.39. The van der Waals surface area contributed by atoms with Crippen LogP contribution >= 0.6 is 0 Å². The molecule has 0 aliphatic heterocycles. The Kier molecular flexibility index (Phi) is 2.80. The monoisotopic (exact) mass is 276 g/mol. The molecule has 0 nitrogen and oxygen atoms in total. The van der Waals surface area contributed by atoms with Crippen molar-refractivity contribution in [3.05, 3.63) is 0 Å². The van der Waals surface area contributed by atoms with Gasteiger partial charge >= 0.3 is 0 Å². The summed E-state index contributed by atoms with van der Waals surface area (Å²) in [6.07, 6.45) is 9.64. The van der Waals surface area contributed by atoms with Gasteiger partial charge in [-0.3, -0.25) is 0 Å². The first-order chi connectivity index (χ1) is 8.96. The average molecular weight is 277 g/mol. The highest BCUT2D eigenvalue weighted by Crippen LogP contribution is 2.65. The van der Waals surface area contributed by atoms with E-state index in [1.807, 2.05) is 0 Å². The van der Waals surface area contributed by atoms with Crippen LogP contribution in [-0.2, 0) is 0 Å². The molecule has 0 heterocycles. The van der Waals surface area contributed by atoms with Gasteiger partial charge in [-0.25, -0.2) is 0 Å². The van der Waals surface area contributed by atoms with Crippen LogP contribution in [0, 0.1) is 35.5 Å². The molecule has 0 aromatic carbocycles. The van der Waals surface area contributed by atoms with Crippen LogP contribution < -0.4 is 0 Å². The van der Waals surface area contributed by atoms with E-state index < -0.39 is 8.07 Å². The third-order valence-electron chi connectivity index (χ3n) is 8.27. The van der Waals surface area contributed by atoms with Gasteiger partial charge in [0.1, 0.15) is 0 Å². The van der Waals surface area contributed by atoms with Gasteiger partial charge < -0.3 is 0 Å². The van der Waals surface area contributed by atoms with Crippen molar-refractivity contribution in [2.45, 2.75) is 76.5 Å². The maximum Gasteiger partial charge on any atom is 0.0541 e. The fraction of sp³-hybridized carbons (Fsp3) is 1.00. The van der Waals surface area contributed by atoms with Crippen molar-refractivity contribution in [2.75, 3.05) is 0 Å². The molecule has 4 bridgehead atoms. The van der Waals surface area contributed by atoms with Gasteiger partial charge in [-0.2, -0.15) is 0 Å². The molecule has 0 aromatic heterocycles. The standard InChI is InChI=1S/C18H32Si/c1-11-6-15-9-14(11)10-17(15)19(3,4)18-8-13-5-12(2)16(18)7-13/h11-18H,5-10H2,1-4H3. The summed E-state index contributed by atoms with van der Waals surface area (Å²) in [5.74, 6) is 6.67. The molecule has 0 N–H and O–H groups in total. The quantitative estimate of drug-likeness (QED) is 0.579. The second-order valence-electron chi connectivity index (χ2n) is 9.45. The molecule has 4 fully saturated rings. The fourth-order valence-corrected chi connectivity index (χ4v) is 12.8. The number of rotatable bonds is 2. The van der Waals surface area contributed by atoms with Crippen LogP contribution in [0.5, 0.6) is 0 Å². The van der Waals surface area contributed by atoms with Crippen molar-refractivity contribution >= 4 is 8.07 Å². The molecular weight excluding hydrogens is 244 g/mol. The lowest BCUT2D eigenvalue weighted by molar-refractivity contribution is 0.329. The van der Waals surface area contributed by atoms with Crippen LogP contribution in [0.15, 0.2) is 0 Å². The highest BCUT2D eigenvalue weighted by molar-refractivity contribution is 6.80. The third kappa shape index (κ3) is 1.76.